The van der Waals surface area contributed by atoms with Gasteiger partial charge >= 0.3 is 0 Å². The van der Waals surface area contributed by atoms with Crippen molar-refractivity contribution in [2.75, 3.05) is 54.0 Å². The maximum atomic E-state index is 14.6. The summed E-state index contributed by atoms with van der Waals surface area (Å²) in [5, 5.41) is 9.34. The molecule has 6 rings (SSSR count). The van der Waals surface area contributed by atoms with Crippen molar-refractivity contribution in [3.8, 4) is 0 Å². The number of likely N-dealkylation sites (tertiary alicyclic amines) is 1. The highest BCUT2D eigenvalue weighted by Gasteiger charge is 2.71. The van der Waals surface area contributed by atoms with E-state index in [1.165, 1.54) is 0 Å². The molecule has 0 aliphatic carbocycles. The number of rotatable bonds is 10. The number of benzene rings is 2. The Bertz CT molecular complexity index is 1420. The molecule has 3 amide bonds. The van der Waals surface area contributed by atoms with Crippen LogP contribution in [0.3, 0.4) is 0 Å². The number of unbranched alkanes of at least 4 members (excludes halogenated alkanes) is 2. The summed E-state index contributed by atoms with van der Waals surface area (Å²) in [6, 6.07) is 16.5. The molecule has 2 aromatic rings. The topological polar surface area (TPSA) is 93.6 Å². The number of hydrogen-bond acceptors (Lipinski definition) is 6. The third kappa shape index (κ3) is 5.02. The van der Waals surface area contributed by atoms with Crippen molar-refractivity contribution in [1.29, 1.82) is 0 Å². The van der Waals surface area contributed by atoms with Gasteiger partial charge in [-0.05, 0) is 69.5 Å². The number of amides is 3. The Hall–Kier alpha value is -3.95. The zero-order valence-electron chi connectivity index (χ0n) is 25.5. The maximum absolute atomic E-state index is 14.6. The maximum Gasteiger partial charge on any atom is 0.253 e. The molecular weight excluding hydrogens is 556 g/mol. The van der Waals surface area contributed by atoms with Crippen LogP contribution < -0.4 is 14.7 Å². The van der Waals surface area contributed by atoms with Gasteiger partial charge in [-0.25, -0.2) is 0 Å². The molecule has 232 valence electrons. The second kappa shape index (κ2) is 12.6. The first-order valence-electron chi connectivity index (χ1n) is 15.9. The predicted molar refractivity (Wildman–Crippen MR) is 170 cm³/mol. The number of nitrogens with zero attached hydrogens (tertiary/aromatic N) is 4. The summed E-state index contributed by atoms with van der Waals surface area (Å²) in [6.45, 7) is 7.14. The first kappa shape index (κ1) is 30.1. The van der Waals surface area contributed by atoms with Gasteiger partial charge in [-0.15, -0.1) is 0 Å². The van der Waals surface area contributed by atoms with E-state index in [-0.39, 0.29) is 24.3 Å². The summed E-state index contributed by atoms with van der Waals surface area (Å²) < 4.78 is 6.78. The SMILES string of the molecule is CCN(CC)c1ccc(N2CC=C[C@]34O[C@H]5C=CCN(c6ccccc6)C(=O)[C@H]5[C@H]3C(=O)N(CCCCCO)C4C2=O)cc1. The van der Waals surface area contributed by atoms with E-state index < -0.39 is 29.6 Å². The Morgan fingerprint density at radius 3 is 2.23 bits per heavy atom. The molecular formula is C35H42N4O5. The molecule has 0 saturated carbocycles. The number of carbonyl (C=O) groups excluding carboxylic acids is 3. The van der Waals surface area contributed by atoms with Crippen LogP contribution in [0.5, 0.6) is 0 Å². The third-order valence-corrected chi connectivity index (χ3v) is 9.57. The summed E-state index contributed by atoms with van der Waals surface area (Å²) in [5.74, 6) is -2.20. The van der Waals surface area contributed by atoms with Crippen molar-refractivity contribution < 1.29 is 24.2 Å². The van der Waals surface area contributed by atoms with Crippen molar-refractivity contribution in [3.63, 3.8) is 0 Å². The van der Waals surface area contributed by atoms with Crippen LogP contribution in [-0.4, -0.2) is 84.8 Å². The van der Waals surface area contributed by atoms with Crippen molar-refractivity contribution in [3.05, 3.63) is 78.9 Å². The lowest BCUT2D eigenvalue weighted by Crippen LogP contribution is -2.55. The molecule has 1 N–H and O–H groups in total. The van der Waals surface area contributed by atoms with Gasteiger partial charge in [0.1, 0.15) is 11.6 Å². The zero-order valence-corrected chi connectivity index (χ0v) is 25.5. The number of para-hydroxylation sites is 1. The fourth-order valence-electron chi connectivity index (χ4n) is 7.45. The Labute approximate surface area is 259 Å². The minimum absolute atomic E-state index is 0.0753. The molecule has 2 fully saturated rings. The van der Waals surface area contributed by atoms with E-state index in [9.17, 15) is 19.5 Å². The van der Waals surface area contributed by atoms with E-state index in [0.29, 0.717) is 32.5 Å². The molecule has 2 aromatic carbocycles. The van der Waals surface area contributed by atoms with Gasteiger partial charge in [-0.2, -0.15) is 0 Å². The number of ether oxygens (including phenoxy) is 1. The number of anilines is 3. The summed E-state index contributed by atoms with van der Waals surface area (Å²) in [7, 11) is 0. The molecule has 1 spiro atoms. The van der Waals surface area contributed by atoms with Crippen LogP contribution >= 0.6 is 0 Å². The second-order valence-corrected chi connectivity index (χ2v) is 11.9. The highest BCUT2D eigenvalue weighted by Crippen LogP contribution is 2.54. The average Bonchev–Trinajstić information content (AvgIpc) is 3.35. The van der Waals surface area contributed by atoms with Crippen molar-refractivity contribution in [1.82, 2.24) is 4.90 Å². The van der Waals surface area contributed by atoms with Crippen LogP contribution in [0.4, 0.5) is 17.1 Å². The van der Waals surface area contributed by atoms with E-state index >= 15 is 0 Å². The lowest BCUT2D eigenvalue weighted by atomic mass is 9.77. The van der Waals surface area contributed by atoms with E-state index in [0.717, 1.165) is 36.6 Å². The highest BCUT2D eigenvalue weighted by molar-refractivity contribution is 6.07. The van der Waals surface area contributed by atoms with Crippen molar-refractivity contribution >= 4 is 34.8 Å². The van der Waals surface area contributed by atoms with Crippen LogP contribution in [-0.2, 0) is 19.1 Å². The third-order valence-electron chi connectivity index (χ3n) is 9.57. The van der Waals surface area contributed by atoms with Gasteiger partial charge in [-0.3, -0.25) is 14.4 Å². The van der Waals surface area contributed by atoms with Crippen LogP contribution in [0.1, 0.15) is 33.1 Å². The normalized spacial score (nSPS) is 27.7. The van der Waals surface area contributed by atoms with E-state index in [4.69, 9.17) is 4.74 Å². The van der Waals surface area contributed by atoms with E-state index in [1.807, 2.05) is 78.9 Å². The predicted octanol–water partition coefficient (Wildman–Crippen LogP) is 3.78. The summed E-state index contributed by atoms with van der Waals surface area (Å²) in [4.78, 5) is 50.7. The van der Waals surface area contributed by atoms with Gasteiger partial charge < -0.3 is 29.4 Å². The fourth-order valence-corrected chi connectivity index (χ4v) is 7.45. The molecule has 9 nitrogen and oxygen atoms in total. The molecule has 0 radical (unpaired) electrons. The smallest absolute Gasteiger partial charge is 0.253 e. The largest absolute Gasteiger partial charge is 0.396 e. The average molecular weight is 599 g/mol. The standard InChI is InChI=1S/C35H42N4O5/c1-3-36(4-2)25-16-18-27(19-17-25)38-23-12-20-35-30(33(42)39(31(35)34(38)43)21-9-6-10-24-40)29-28(44-35)15-11-22-37(32(29)41)26-13-7-5-8-14-26/h5,7-8,11-20,28-31,40H,3-4,6,9-10,21-24H2,1-2H3/t28-,29+,30-,31?,35-/m0/s1. The van der Waals surface area contributed by atoms with Gasteiger partial charge in [0, 0.05) is 56.4 Å². The Morgan fingerprint density at radius 1 is 0.841 bits per heavy atom. The zero-order chi connectivity index (χ0) is 30.8. The number of aliphatic hydroxyl groups is 1. The highest BCUT2D eigenvalue weighted by atomic mass is 16.5. The number of aliphatic hydroxyl groups excluding tert-OH is 1. The molecule has 4 aliphatic heterocycles. The van der Waals surface area contributed by atoms with Gasteiger partial charge in [0.25, 0.3) is 5.91 Å². The van der Waals surface area contributed by atoms with Crippen molar-refractivity contribution in [2.24, 2.45) is 11.8 Å². The molecule has 0 bridgehead atoms. The van der Waals surface area contributed by atoms with Crippen LogP contribution in [0, 0.1) is 11.8 Å². The molecule has 1 unspecified atom stereocenters. The lowest BCUT2D eigenvalue weighted by molar-refractivity contribution is -0.140. The number of carbonyl (C=O) groups is 3. The Balaban J connectivity index is 1.37. The summed E-state index contributed by atoms with van der Waals surface area (Å²) in [5.41, 5.74) is 1.33. The molecule has 9 heteroatoms. The first-order chi connectivity index (χ1) is 21.4. The van der Waals surface area contributed by atoms with Gasteiger partial charge in [-0.1, -0.05) is 42.5 Å². The van der Waals surface area contributed by atoms with E-state index in [1.54, 1.807) is 14.7 Å². The van der Waals surface area contributed by atoms with Crippen LogP contribution in [0.25, 0.3) is 0 Å². The fraction of sp³-hybridized carbons (Fsp3) is 0.457. The minimum Gasteiger partial charge on any atom is -0.396 e. The monoisotopic (exact) mass is 598 g/mol. The molecule has 2 saturated heterocycles. The molecule has 44 heavy (non-hydrogen) atoms. The Morgan fingerprint density at radius 2 is 1.52 bits per heavy atom. The summed E-state index contributed by atoms with van der Waals surface area (Å²) >= 11 is 0. The van der Waals surface area contributed by atoms with Gasteiger partial charge in [0.15, 0.2) is 0 Å². The summed E-state index contributed by atoms with van der Waals surface area (Å²) in [6.07, 6.45) is 8.98. The number of fused-ring (bicyclic) bond motifs is 2. The molecule has 4 heterocycles. The Kier molecular flexibility index (Phi) is 8.60. The van der Waals surface area contributed by atoms with Gasteiger partial charge in [0.2, 0.25) is 11.8 Å². The molecule has 0 aromatic heterocycles. The molecule has 4 aliphatic rings. The van der Waals surface area contributed by atoms with E-state index in [2.05, 4.69) is 18.7 Å². The molecule has 5 atom stereocenters. The quantitative estimate of drug-likeness (QED) is 0.331. The second-order valence-electron chi connectivity index (χ2n) is 11.9. The van der Waals surface area contributed by atoms with Crippen molar-refractivity contribution in [2.45, 2.75) is 50.9 Å². The minimum atomic E-state index is -1.27. The van der Waals surface area contributed by atoms with Gasteiger partial charge in [0.05, 0.1) is 17.9 Å². The first-order valence-corrected chi connectivity index (χ1v) is 15.9. The van der Waals surface area contributed by atoms with Crippen LogP contribution in [0.2, 0.25) is 0 Å². The van der Waals surface area contributed by atoms with Crippen LogP contribution in [0.15, 0.2) is 78.9 Å². The lowest BCUT2D eigenvalue weighted by Gasteiger charge is -2.35. The number of hydrogen-bond donors (Lipinski definition) is 1.